The van der Waals surface area contributed by atoms with E-state index in [4.69, 9.17) is 5.11 Å². The van der Waals surface area contributed by atoms with Gasteiger partial charge in [-0.25, -0.2) is 4.79 Å². The van der Waals surface area contributed by atoms with Gasteiger partial charge in [0.2, 0.25) is 0 Å². The van der Waals surface area contributed by atoms with Crippen LogP contribution >= 0.6 is 0 Å². The van der Waals surface area contributed by atoms with Gasteiger partial charge in [-0.05, 0) is 68.0 Å². The van der Waals surface area contributed by atoms with Crippen molar-refractivity contribution in [2.75, 3.05) is 0 Å². The number of carboxylic acids is 1. The molecule has 0 amide bonds. The fourth-order valence-corrected chi connectivity index (χ4v) is 2.06. The SMILES string of the molecule is Cc1c(C)c(C)c(C(O)C(=O)O)c(C)c1C. The lowest BCUT2D eigenvalue weighted by atomic mass is 9.87. The molecule has 0 aliphatic heterocycles. The number of hydrogen-bond acceptors (Lipinski definition) is 2. The molecule has 0 heterocycles. The Morgan fingerprint density at radius 2 is 1.19 bits per heavy atom. The predicted octanol–water partition coefficient (Wildman–Crippen LogP) is 2.35. The predicted molar refractivity (Wildman–Crippen MR) is 62.7 cm³/mol. The maximum Gasteiger partial charge on any atom is 0.337 e. The highest BCUT2D eigenvalue weighted by atomic mass is 16.4. The average Bonchev–Trinajstić information content (AvgIpc) is 2.23. The molecule has 0 aromatic heterocycles. The van der Waals surface area contributed by atoms with Gasteiger partial charge in [-0.2, -0.15) is 0 Å². The summed E-state index contributed by atoms with van der Waals surface area (Å²) in [4.78, 5) is 10.9. The number of aliphatic carboxylic acids is 1. The fourth-order valence-electron chi connectivity index (χ4n) is 2.06. The Balaban J connectivity index is 3.57. The third kappa shape index (κ3) is 1.83. The van der Waals surface area contributed by atoms with Crippen LogP contribution in [0.2, 0.25) is 0 Å². The highest BCUT2D eigenvalue weighted by molar-refractivity contribution is 5.76. The zero-order valence-corrected chi connectivity index (χ0v) is 10.4. The number of rotatable bonds is 2. The molecule has 0 saturated carbocycles. The summed E-state index contributed by atoms with van der Waals surface area (Å²) in [7, 11) is 0. The van der Waals surface area contributed by atoms with E-state index in [1.807, 2.05) is 34.6 Å². The van der Waals surface area contributed by atoms with Crippen LogP contribution in [-0.2, 0) is 4.79 Å². The maximum absolute atomic E-state index is 10.9. The Morgan fingerprint density at radius 1 is 0.875 bits per heavy atom. The quantitative estimate of drug-likeness (QED) is 0.807. The zero-order valence-electron chi connectivity index (χ0n) is 10.4. The molecule has 3 heteroatoms. The molecule has 16 heavy (non-hydrogen) atoms. The second-order valence-electron chi connectivity index (χ2n) is 4.28. The molecule has 0 aliphatic rings. The van der Waals surface area contributed by atoms with Gasteiger partial charge in [-0.15, -0.1) is 0 Å². The molecular weight excluding hydrogens is 204 g/mol. The zero-order chi connectivity index (χ0) is 12.6. The van der Waals surface area contributed by atoms with Gasteiger partial charge in [0.25, 0.3) is 0 Å². The molecule has 3 nitrogen and oxygen atoms in total. The van der Waals surface area contributed by atoms with E-state index < -0.39 is 12.1 Å². The lowest BCUT2D eigenvalue weighted by Crippen LogP contribution is -2.15. The molecule has 1 unspecified atom stereocenters. The first-order chi connectivity index (χ1) is 7.29. The van der Waals surface area contributed by atoms with E-state index in [0.29, 0.717) is 5.56 Å². The molecule has 1 aromatic rings. The van der Waals surface area contributed by atoms with Crippen molar-refractivity contribution in [2.24, 2.45) is 0 Å². The summed E-state index contributed by atoms with van der Waals surface area (Å²) < 4.78 is 0. The van der Waals surface area contributed by atoms with Gasteiger partial charge in [0, 0.05) is 0 Å². The Hall–Kier alpha value is -1.35. The van der Waals surface area contributed by atoms with E-state index in [1.54, 1.807) is 0 Å². The fraction of sp³-hybridized carbons (Fsp3) is 0.462. The Morgan fingerprint density at radius 3 is 1.50 bits per heavy atom. The molecule has 0 aliphatic carbocycles. The van der Waals surface area contributed by atoms with Crippen molar-refractivity contribution in [1.82, 2.24) is 0 Å². The number of carboxylic acid groups (broad SMARTS) is 1. The summed E-state index contributed by atoms with van der Waals surface area (Å²) in [6, 6.07) is 0. The van der Waals surface area contributed by atoms with Crippen molar-refractivity contribution in [1.29, 1.82) is 0 Å². The minimum Gasteiger partial charge on any atom is -0.479 e. The van der Waals surface area contributed by atoms with Gasteiger partial charge in [-0.3, -0.25) is 0 Å². The van der Waals surface area contributed by atoms with Gasteiger partial charge < -0.3 is 10.2 Å². The second kappa shape index (κ2) is 4.26. The number of hydrogen-bond donors (Lipinski definition) is 2. The standard InChI is InChI=1S/C13H18O3/c1-6-7(2)9(4)11(10(5)8(6)3)12(14)13(15)16/h12,14H,1-5H3,(H,15,16). The van der Waals surface area contributed by atoms with Crippen molar-refractivity contribution in [3.8, 4) is 0 Å². The molecule has 1 aromatic carbocycles. The van der Waals surface area contributed by atoms with E-state index in [2.05, 4.69) is 0 Å². The lowest BCUT2D eigenvalue weighted by molar-refractivity contribution is -0.147. The van der Waals surface area contributed by atoms with Crippen LogP contribution in [0, 0.1) is 34.6 Å². The summed E-state index contributed by atoms with van der Waals surface area (Å²) in [5.41, 5.74) is 5.55. The molecule has 1 atom stereocenters. The van der Waals surface area contributed by atoms with Crippen molar-refractivity contribution < 1.29 is 15.0 Å². The summed E-state index contributed by atoms with van der Waals surface area (Å²) in [6.45, 7) is 9.64. The molecule has 2 N–H and O–H groups in total. The van der Waals surface area contributed by atoms with E-state index in [-0.39, 0.29) is 0 Å². The highest BCUT2D eigenvalue weighted by Gasteiger charge is 2.23. The van der Waals surface area contributed by atoms with Crippen molar-refractivity contribution in [2.45, 2.75) is 40.7 Å². The minimum absolute atomic E-state index is 0.535. The van der Waals surface area contributed by atoms with Crippen LogP contribution in [0.1, 0.15) is 39.5 Å². The average molecular weight is 222 g/mol. The van der Waals surface area contributed by atoms with E-state index in [9.17, 15) is 9.90 Å². The number of benzene rings is 1. The van der Waals surface area contributed by atoms with Crippen LogP contribution in [0.5, 0.6) is 0 Å². The smallest absolute Gasteiger partial charge is 0.337 e. The van der Waals surface area contributed by atoms with Gasteiger partial charge in [-0.1, -0.05) is 0 Å². The molecule has 0 spiro atoms. The summed E-state index contributed by atoms with van der Waals surface area (Å²) in [5, 5.41) is 18.6. The maximum atomic E-state index is 10.9. The van der Waals surface area contributed by atoms with Gasteiger partial charge >= 0.3 is 5.97 Å². The molecule has 0 saturated heterocycles. The molecule has 88 valence electrons. The van der Waals surface area contributed by atoms with Gasteiger partial charge in [0.1, 0.15) is 0 Å². The van der Waals surface area contributed by atoms with Gasteiger partial charge in [0.05, 0.1) is 0 Å². The van der Waals surface area contributed by atoms with E-state index >= 15 is 0 Å². The minimum atomic E-state index is -1.43. The first kappa shape index (κ1) is 12.7. The third-order valence-corrected chi connectivity index (χ3v) is 3.57. The van der Waals surface area contributed by atoms with Crippen molar-refractivity contribution >= 4 is 5.97 Å². The first-order valence-corrected chi connectivity index (χ1v) is 5.26. The molecule has 1 rings (SSSR count). The normalized spacial score (nSPS) is 12.6. The van der Waals surface area contributed by atoms with Crippen LogP contribution < -0.4 is 0 Å². The molecule has 0 radical (unpaired) electrons. The molecular formula is C13H18O3. The number of aliphatic hydroxyl groups excluding tert-OH is 1. The molecule has 0 fully saturated rings. The third-order valence-electron chi connectivity index (χ3n) is 3.57. The lowest BCUT2D eigenvalue weighted by Gasteiger charge is -2.20. The van der Waals surface area contributed by atoms with E-state index in [1.165, 1.54) is 0 Å². The van der Waals surface area contributed by atoms with Gasteiger partial charge in [0.15, 0.2) is 6.10 Å². The number of carbonyl (C=O) groups is 1. The van der Waals surface area contributed by atoms with Crippen LogP contribution in [0.15, 0.2) is 0 Å². The van der Waals surface area contributed by atoms with Crippen LogP contribution in [0.3, 0.4) is 0 Å². The van der Waals surface area contributed by atoms with Crippen molar-refractivity contribution in [3.05, 3.63) is 33.4 Å². The Kier molecular flexibility index (Phi) is 3.38. The second-order valence-corrected chi connectivity index (χ2v) is 4.28. The van der Waals surface area contributed by atoms with Crippen LogP contribution in [-0.4, -0.2) is 16.2 Å². The van der Waals surface area contributed by atoms with Crippen LogP contribution in [0.25, 0.3) is 0 Å². The largest absolute Gasteiger partial charge is 0.479 e. The Bertz CT molecular complexity index is 418. The van der Waals surface area contributed by atoms with Crippen LogP contribution in [0.4, 0.5) is 0 Å². The molecule has 0 bridgehead atoms. The topological polar surface area (TPSA) is 57.5 Å². The van der Waals surface area contributed by atoms with E-state index in [0.717, 1.165) is 27.8 Å². The summed E-state index contributed by atoms with van der Waals surface area (Å²) >= 11 is 0. The first-order valence-electron chi connectivity index (χ1n) is 5.26. The summed E-state index contributed by atoms with van der Waals surface area (Å²) in [5.74, 6) is -1.20. The Labute approximate surface area is 95.7 Å². The monoisotopic (exact) mass is 222 g/mol. The highest BCUT2D eigenvalue weighted by Crippen LogP contribution is 2.30. The number of aliphatic hydroxyl groups is 1. The summed E-state index contributed by atoms with van der Waals surface area (Å²) in [6.07, 6.45) is -1.43. The van der Waals surface area contributed by atoms with Crippen molar-refractivity contribution in [3.63, 3.8) is 0 Å².